The fourth-order valence-corrected chi connectivity index (χ4v) is 3.08. The Morgan fingerprint density at radius 1 is 1.10 bits per heavy atom. The van der Waals surface area contributed by atoms with Crippen LogP contribution >= 0.6 is 0 Å². The quantitative estimate of drug-likeness (QED) is 0.697. The third kappa shape index (κ3) is 3.16. The first-order valence-electron chi connectivity index (χ1n) is 8.10. The van der Waals surface area contributed by atoms with Crippen molar-refractivity contribution in [2.75, 3.05) is 0 Å². The highest BCUT2D eigenvalue weighted by Gasteiger charge is 2.31. The van der Waals surface area contributed by atoms with E-state index < -0.39 is 0 Å². The maximum Gasteiger partial charge on any atom is 0.0991 e. The molecule has 0 aliphatic carbocycles. The van der Waals surface area contributed by atoms with Crippen molar-refractivity contribution in [1.29, 1.82) is 0 Å². The largest absolute Gasteiger partial charge is 0.306 e. The summed E-state index contributed by atoms with van der Waals surface area (Å²) in [4.78, 5) is 4.40. The van der Waals surface area contributed by atoms with E-state index in [4.69, 9.17) is 0 Å². The van der Waals surface area contributed by atoms with Crippen LogP contribution in [0.1, 0.15) is 73.9 Å². The van der Waals surface area contributed by atoms with E-state index in [1.807, 2.05) is 26.4 Å². The van der Waals surface area contributed by atoms with Gasteiger partial charge in [0.15, 0.2) is 0 Å². The number of allylic oxidation sites excluding steroid dienone is 2. The minimum atomic E-state index is 0.216. The molecule has 2 rings (SSSR count). The van der Waals surface area contributed by atoms with Crippen LogP contribution in [0.4, 0.5) is 0 Å². The number of nitrogens with zero attached hydrogens (tertiary/aromatic N) is 2. The summed E-state index contributed by atoms with van der Waals surface area (Å²) >= 11 is 0. The maximum atomic E-state index is 4.40. The van der Waals surface area contributed by atoms with Gasteiger partial charge in [-0.15, -0.1) is 0 Å². The summed E-state index contributed by atoms with van der Waals surface area (Å²) in [7, 11) is 0. The van der Waals surface area contributed by atoms with E-state index >= 15 is 0 Å². The standard InChI is InChI=1S/C16H26N2.C2H6/c1-11(2)13-7-8-16(5,6)14-9-17-10-18(14)15(13)12(3)4;1-2/h9-12H,7-8H2,1-6H3;1-2H3. The molecule has 0 unspecified atom stereocenters. The van der Waals surface area contributed by atoms with Crippen LogP contribution in [-0.4, -0.2) is 9.55 Å². The van der Waals surface area contributed by atoms with E-state index in [1.165, 1.54) is 24.2 Å². The molecule has 0 N–H and O–H groups in total. The van der Waals surface area contributed by atoms with Gasteiger partial charge in [0.2, 0.25) is 0 Å². The maximum absolute atomic E-state index is 4.40. The Balaban J connectivity index is 0.000000956. The van der Waals surface area contributed by atoms with Crippen LogP contribution in [0.3, 0.4) is 0 Å². The molecule has 0 aromatic carbocycles. The van der Waals surface area contributed by atoms with Crippen LogP contribution in [0.15, 0.2) is 18.1 Å². The van der Waals surface area contributed by atoms with Gasteiger partial charge in [0, 0.05) is 23.0 Å². The Morgan fingerprint density at radius 3 is 2.20 bits per heavy atom. The van der Waals surface area contributed by atoms with Gasteiger partial charge in [-0.2, -0.15) is 0 Å². The Morgan fingerprint density at radius 2 is 1.70 bits per heavy atom. The third-order valence-electron chi connectivity index (χ3n) is 4.18. The molecule has 1 aliphatic heterocycles. The van der Waals surface area contributed by atoms with Crippen LogP contribution in [-0.2, 0) is 5.41 Å². The second-order valence-corrected chi connectivity index (χ2v) is 6.75. The Labute approximate surface area is 125 Å². The Hall–Kier alpha value is -1.05. The third-order valence-corrected chi connectivity index (χ3v) is 4.18. The number of rotatable bonds is 2. The molecule has 0 atom stereocenters. The zero-order chi connectivity index (χ0) is 15.5. The van der Waals surface area contributed by atoms with Gasteiger partial charge in [-0.25, -0.2) is 4.98 Å². The summed E-state index contributed by atoms with van der Waals surface area (Å²) in [5.41, 5.74) is 4.66. The van der Waals surface area contributed by atoms with Gasteiger partial charge in [0.05, 0.1) is 6.33 Å². The van der Waals surface area contributed by atoms with Gasteiger partial charge < -0.3 is 4.57 Å². The van der Waals surface area contributed by atoms with Crippen molar-refractivity contribution in [3.63, 3.8) is 0 Å². The normalized spacial score (nSPS) is 17.7. The van der Waals surface area contributed by atoms with Gasteiger partial charge in [-0.3, -0.25) is 0 Å². The molecular weight excluding hydrogens is 244 g/mol. The fourth-order valence-electron chi connectivity index (χ4n) is 3.08. The molecule has 0 bridgehead atoms. The van der Waals surface area contributed by atoms with Gasteiger partial charge in [0.25, 0.3) is 0 Å². The first kappa shape index (κ1) is 17.0. The molecule has 0 saturated heterocycles. The molecule has 1 aromatic rings. The van der Waals surface area contributed by atoms with E-state index in [0.29, 0.717) is 11.8 Å². The summed E-state index contributed by atoms with van der Waals surface area (Å²) in [5.74, 6) is 1.16. The van der Waals surface area contributed by atoms with Crippen LogP contribution < -0.4 is 0 Å². The smallest absolute Gasteiger partial charge is 0.0991 e. The highest BCUT2D eigenvalue weighted by molar-refractivity contribution is 5.56. The summed E-state index contributed by atoms with van der Waals surface area (Å²) in [5, 5.41) is 0. The zero-order valence-electron chi connectivity index (χ0n) is 14.6. The van der Waals surface area contributed by atoms with Crippen molar-refractivity contribution in [2.24, 2.45) is 11.8 Å². The summed E-state index contributed by atoms with van der Waals surface area (Å²) in [6.45, 7) is 17.9. The monoisotopic (exact) mass is 276 g/mol. The number of fused-ring (bicyclic) bond motifs is 1. The second-order valence-electron chi connectivity index (χ2n) is 6.75. The van der Waals surface area contributed by atoms with Gasteiger partial charge in [-0.1, -0.05) is 55.4 Å². The molecular formula is C18H32N2. The van der Waals surface area contributed by atoms with Crippen molar-refractivity contribution < 1.29 is 0 Å². The van der Waals surface area contributed by atoms with Crippen molar-refractivity contribution in [3.05, 3.63) is 23.8 Å². The van der Waals surface area contributed by atoms with Crippen LogP contribution in [0.25, 0.3) is 5.70 Å². The molecule has 0 fully saturated rings. The van der Waals surface area contributed by atoms with Crippen LogP contribution in [0.5, 0.6) is 0 Å². The molecule has 0 radical (unpaired) electrons. The fraction of sp³-hybridized carbons (Fsp3) is 0.722. The summed E-state index contributed by atoms with van der Waals surface area (Å²) in [6.07, 6.45) is 6.47. The topological polar surface area (TPSA) is 17.8 Å². The van der Waals surface area contributed by atoms with Crippen molar-refractivity contribution in [1.82, 2.24) is 9.55 Å². The predicted octanol–water partition coefficient (Wildman–Crippen LogP) is 5.50. The van der Waals surface area contributed by atoms with Crippen molar-refractivity contribution >= 4 is 5.70 Å². The molecule has 114 valence electrons. The number of aromatic nitrogens is 2. The van der Waals surface area contributed by atoms with E-state index in [9.17, 15) is 0 Å². The Kier molecular flexibility index (Phi) is 5.61. The van der Waals surface area contributed by atoms with Crippen molar-refractivity contribution in [2.45, 2.75) is 73.6 Å². The van der Waals surface area contributed by atoms with Gasteiger partial charge >= 0.3 is 0 Å². The van der Waals surface area contributed by atoms with E-state index in [2.05, 4.69) is 51.1 Å². The second kappa shape index (κ2) is 6.60. The predicted molar refractivity (Wildman–Crippen MR) is 88.7 cm³/mol. The molecule has 2 heterocycles. The average Bonchev–Trinajstić information content (AvgIpc) is 2.81. The SMILES string of the molecule is CC.CC(C)C1=C(C(C)C)n2cncc2C(C)(C)CC1. The van der Waals surface area contributed by atoms with Crippen LogP contribution in [0, 0.1) is 11.8 Å². The lowest BCUT2D eigenvalue weighted by Gasteiger charge is -2.24. The molecule has 2 nitrogen and oxygen atoms in total. The molecule has 0 amide bonds. The summed E-state index contributed by atoms with van der Waals surface area (Å²) < 4.78 is 2.35. The highest BCUT2D eigenvalue weighted by atomic mass is 15.1. The van der Waals surface area contributed by atoms with E-state index in [-0.39, 0.29) is 5.41 Å². The Bertz CT molecular complexity index is 462. The number of hydrogen-bond donors (Lipinski definition) is 0. The lowest BCUT2D eigenvalue weighted by molar-refractivity contribution is 0.461. The van der Waals surface area contributed by atoms with Gasteiger partial charge in [0.1, 0.15) is 0 Å². The summed E-state index contributed by atoms with van der Waals surface area (Å²) in [6, 6.07) is 0. The number of hydrogen-bond acceptors (Lipinski definition) is 1. The van der Waals surface area contributed by atoms with Crippen molar-refractivity contribution in [3.8, 4) is 0 Å². The number of imidazole rings is 1. The zero-order valence-corrected chi connectivity index (χ0v) is 14.6. The molecule has 0 saturated carbocycles. The van der Waals surface area contributed by atoms with Gasteiger partial charge in [-0.05, 0) is 30.3 Å². The van der Waals surface area contributed by atoms with E-state index in [0.717, 1.165) is 0 Å². The molecule has 20 heavy (non-hydrogen) atoms. The first-order valence-corrected chi connectivity index (χ1v) is 8.10. The lowest BCUT2D eigenvalue weighted by atomic mass is 9.82. The average molecular weight is 276 g/mol. The first-order chi connectivity index (χ1) is 9.34. The molecule has 0 spiro atoms. The van der Waals surface area contributed by atoms with E-state index in [1.54, 1.807) is 5.57 Å². The minimum absolute atomic E-state index is 0.216. The van der Waals surface area contributed by atoms with Crippen LogP contribution in [0.2, 0.25) is 0 Å². The lowest BCUT2D eigenvalue weighted by Crippen LogP contribution is -2.20. The molecule has 1 aliphatic rings. The highest BCUT2D eigenvalue weighted by Crippen LogP contribution is 2.40. The minimum Gasteiger partial charge on any atom is -0.306 e. The molecule has 2 heteroatoms. The molecule has 1 aromatic heterocycles.